The van der Waals surface area contributed by atoms with Crippen LogP contribution < -0.4 is 4.74 Å². The minimum atomic E-state index is -0.690. The van der Waals surface area contributed by atoms with Gasteiger partial charge in [0.05, 0.1) is 32.1 Å². The van der Waals surface area contributed by atoms with Gasteiger partial charge in [-0.05, 0) is 50.2 Å². The highest BCUT2D eigenvalue weighted by molar-refractivity contribution is 6.06. The molecule has 2 aromatic carbocycles. The number of ether oxygens (including phenoxy) is 4. The van der Waals surface area contributed by atoms with E-state index < -0.39 is 11.9 Å². The molecule has 1 fully saturated rings. The molecule has 36 heavy (non-hydrogen) atoms. The predicted octanol–water partition coefficient (Wildman–Crippen LogP) is 3.60. The van der Waals surface area contributed by atoms with E-state index in [0.717, 1.165) is 19.6 Å². The van der Waals surface area contributed by atoms with Crippen molar-refractivity contribution in [2.75, 3.05) is 40.5 Å². The van der Waals surface area contributed by atoms with Crippen LogP contribution in [0.15, 0.2) is 54.6 Å². The minimum absolute atomic E-state index is 0.000144. The molecule has 1 saturated heterocycles. The molecule has 0 saturated carbocycles. The summed E-state index contributed by atoms with van der Waals surface area (Å²) in [4.78, 5) is 27.8. The lowest BCUT2D eigenvalue weighted by atomic mass is 10.1. The fourth-order valence-electron chi connectivity index (χ4n) is 4.43. The van der Waals surface area contributed by atoms with Crippen molar-refractivity contribution in [2.45, 2.75) is 26.1 Å². The lowest BCUT2D eigenvalue weighted by molar-refractivity contribution is -0.0699. The first-order valence-corrected chi connectivity index (χ1v) is 11.9. The van der Waals surface area contributed by atoms with E-state index >= 15 is 0 Å². The first-order chi connectivity index (χ1) is 17.4. The van der Waals surface area contributed by atoms with Crippen molar-refractivity contribution in [3.63, 3.8) is 0 Å². The van der Waals surface area contributed by atoms with Gasteiger partial charge in [0, 0.05) is 25.2 Å². The van der Waals surface area contributed by atoms with Crippen LogP contribution in [0.4, 0.5) is 0 Å². The summed E-state index contributed by atoms with van der Waals surface area (Å²) < 4.78 is 23.1. The molecule has 2 heterocycles. The maximum absolute atomic E-state index is 12.8. The van der Waals surface area contributed by atoms with E-state index in [4.69, 9.17) is 18.9 Å². The van der Waals surface area contributed by atoms with Gasteiger partial charge in [-0.15, -0.1) is 0 Å². The molecule has 0 bridgehead atoms. The van der Waals surface area contributed by atoms with E-state index in [1.807, 2.05) is 30.3 Å². The molecule has 9 nitrogen and oxygen atoms in total. The number of morpholine rings is 1. The third-order valence-electron chi connectivity index (χ3n) is 5.95. The Morgan fingerprint density at radius 3 is 2.19 bits per heavy atom. The average Bonchev–Trinajstić information content (AvgIpc) is 3.29. The molecule has 1 aliphatic heterocycles. The molecular weight excluding hydrogens is 462 g/mol. The van der Waals surface area contributed by atoms with Crippen molar-refractivity contribution < 1.29 is 28.5 Å². The quantitative estimate of drug-likeness (QED) is 0.440. The molecule has 1 aliphatic rings. The largest absolute Gasteiger partial charge is 0.492 e. The van der Waals surface area contributed by atoms with E-state index in [2.05, 4.69) is 23.8 Å². The number of carbonyl (C=O) groups is 2. The van der Waals surface area contributed by atoms with Crippen LogP contribution in [0, 0.1) is 0 Å². The molecule has 2 unspecified atom stereocenters. The maximum Gasteiger partial charge on any atom is 0.357 e. The Hall–Kier alpha value is -3.69. The highest BCUT2D eigenvalue weighted by Gasteiger charge is 2.31. The van der Waals surface area contributed by atoms with Crippen LogP contribution in [0.3, 0.4) is 0 Å². The van der Waals surface area contributed by atoms with Crippen LogP contribution in [-0.2, 0) is 14.2 Å². The van der Waals surface area contributed by atoms with Crippen molar-refractivity contribution in [2.24, 2.45) is 0 Å². The minimum Gasteiger partial charge on any atom is -0.492 e. The van der Waals surface area contributed by atoms with Gasteiger partial charge >= 0.3 is 11.9 Å². The Morgan fingerprint density at radius 2 is 1.58 bits per heavy atom. The van der Waals surface area contributed by atoms with Crippen LogP contribution in [0.1, 0.15) is 34.7 Å². The summed E-state index contributed by atoms with van der Waals surface area (Å²) in [5.74, 6) is -0.671. The molecule has 3 aromatic rings. The van der Waals surface area contributed by atoms with Gasteiger partial charge in [0.2, 0.25) is 0 Å². The van der Waals surface area contributed by atoms with Crippen molar-refractivity contribution in [3.8, 4) is 22.7 Å². The van der Waals surface area contributed by atoms with Gasteiger partial charge in [-0.25, -0.2) is 14.3 Å². The Balaban J connectivity index is 1.58. The van der Waals surface area contributed by atoms with E-state index in [1.165, 1.54) is 18.9 Å². The molecule has 1 aromatic heterocycles. The van der Waals surface area contributed by atoms with E-state index in [1.54, 1.807) is 24.3 Å². The van der Waals surface area contributed by atoms with Gasteiger partial charge in [0.25, 0.3) is 0 Å². The summed E-state index contributed by atoms with van der Waals surface area (Å²) in [7, 11) is 2.52. The predicted molar refractivity (Wildman–Crippen MR) is 134 cm³/mol. The Bertz CT molecular complexity index is 1180. The SMILES string of the molecule is COC(=O)c1c(-c2ccc(OCCN3CC(C)OC(C)C3)cc2)nn(-c2ccccc2)c1C(=O)OC. The Kier molecular flexibility index (Phi) is 8.02. The normalized spacial score (nSPS) is 18.0. The molecular formula is C27H31N3O6. The van der Waals surface area contributed by atoms with Crippen LogP contribution in [0.25, 0.3) is 16.9 Å². The van der Waals surface area contributed by atoms with Gasteiger partial charge < -0.3 is 18.9 Å². The molecule has 0 N–H and O–H groups in total. The van der Waals surface area contributed by atoms with Gasteiger partial charge in [-0.1, -0.05) is 18.2 Å². The number of aromatic nitrogens is 2. The topological polar surface area (TPSA) is 92.1 Å². The number of methoxy groups -OCH3 is 2. The fraction of sp³-hybridized carbons (Fsp3) is 0.370. The zero-order valence-electron chi connectivity index (χ0n) is 21.0. The fourth-order valence-corrected chi connectivity index (χ4v) is 4.43. The molecule has 0 aliphatic carbocycles. The average molecular weight is 494 g/mol. The zero-order chi connectivity index (χ0) is 25.7. The second kappa shape index (κ2) is 11.4. The van der Waals surface area contributed by atoms with Crippen LogP contribution in [0.5, 0.6) is 5.75 Å². The summed E-state index contributed by atoms with van der Waals surface area (Å²) in [5, 5.41) is 4.61. The number of nitrogens with zero attached hydrogens (tertiary/aromatic N) is 3. The summed E-state index contributed by atoms with van der Waals surface area (Å²) >= 11 is 0. The van der Waals surface area contributed by atoms with E-state index in [-0.39, 0.29) is 23.5 Å². The van der Waals surface area contributed by atoms with Crippen molar-refractivity contribution >= 4 is 11.9 Å². The molecule has 0 radical (unpaired) electrons. The molecule has 190 valence electrons. The second-order valence-electron chi connectivity index (χ2n) is 8.69. The van der Waals surface area contributed by atoms with Gasteiger partial charge in [0.1, 0.15) is 23.6 Å². The summed E-state index contributed by atoms with van der Waals surface area (Å²) in [6.45, 7) is 7.27. The van der Waals surface area contributed by atoms with Crippen LogP contribution in [0.2, 0.25) is 0 Å². The number of carbonyl (C=O) groups excluding carboxylic acids is 2. The maximum atomic E-state index is 12.8. The first-order valence-electron chi connectivity index (χ1n) is 11.9. The number of esters is 2. The zero-order valence-corrected chi connectivity index (χ0v) is 21.0. The van der Waals surface area contributed by atoms with E-state index in [9.17, 15) is 9.59 Å². The lowest BCUT2D eigenvalue weighted by Crippen LogP contribution is -2.46. The summed E-state index contributed by atoms with van der Waals surface area (Å²) in [6.07, 6.45) is 0.422. The Morgan fingerprint density at radius 1 is 0.944 bits per heavy atom. The van der Waals surface area contributed by atoms with Crippen molar-refractivity contribution in [1.29, 1.82) is 0 Å². The number of hydrogen-bond acceptors (Lipinski definition) is 8. The number of para-hydroxylation sites is 1. The molecule has 9 heteroatoms. The first kappa shape index (κ1) is 25.4. The van der Waals surface area contributed by atoms with E-state index in [0.29, 0.717) is 29.3 Å². The second-order valence-corrected chi connectivity index (χ2v) is 8.69. The third kappa shape index (κ3) is 5.58. The number of rotatable bonds is 8. The lowest BCUT2D eigenvalue weighted by Gasteiger charge is -2.35. The van der Waals surface area contributed by atoms with Gasteiger partial charge in [-0.2, -0.15) is 5.10 Å². The number of benzene rings is 2. The highest BCUT2D eigenvalue weighted by atomic mass is 16.5. The highest BCUT2D eigenvalue weighted by Crippen LogP contribution is 2.30. The molecule has 0 spiro atoms. The molecule has 2 atom stereocenters. The van der Waals surface area contributed by atoms with Crippen molar-refractivity contribution in [1.82, 2.24) is 14.7 Å². The third-order valence-corrected chi connectivity index (χ3v) is 5.95. The number of hydrogen-bond donors (Lipinski definition) is 0. The summed E-state index contributed by atoms with van der Waals surface area (Å²) in [5.41, 5.74) is 1.60. The monoisotopic (exact) mass is 493 g/mol. The van der Waals surface area contributed by atoms with Crippen LogP contribution in [-0.4, -0.2) is 79.3 Å². The van der Waals surface area contributed by atoms with Crippen LogP contribution >= 0.6 is 0 Å². The van der Waals surface area contributed by atoms with Gasteiger partial charge in [0.15, 0.2) is 5.69 Å². The van der Waals surface area contributed by atoms with Crippen molar-refractivity contribution in [3.05, 3.63) is 65.9 Å². The summed E-state index contributed by atoms with van der Waals surface area (Å²) in [6, 6.07) is 16.3. The standard InChI is InChI=1S/C27H31N3O6/c1-18-16-29(17-19(2)36-18)14-15-35-22-12-10-20(11-13-22)24-23(26(31)33-3)25(27(32)34-4)30(28-24)21-8-6-5-7-9-21/h5-13,18-19H,14-17H2,1-4H3. The molecule has 0 amide bonds. The smallest absolute Gasteiger partial charge is 0.357 e. The van der Waals surface area contributed by atoms with Gasteiger partial charge in [-0.3, -0.25) is 4.90 Å². The Labute approximate surface area is 210 Å². The molecule has 4 rings (SSSR count).